The molecule has 0 saturated carbocycles. The van der Waals surface area contributed by atoms with Gasteiger partial charge in [0.1, 0.15) is 0 Å². The fraction of sp³-hybridized carbons (Fsp3) is 0.613. The van der Waals surface area contributed by atoms with Crippen LogP contribution in [0.15, 0.2) is 24.3 Å². The van der Waals surface area contributed by atoms with E-state index in [0.29, 0.717) is 11.3 Å². The zero-order chi connectivity index (χ0) is 29.7. The molecule has 0 bridgehead atoms. The quantitative estimate of drug-likeness (QED) is 0.249. The number of benzene rings is 1. The summed E-state index contributed by atoms with van der Waals surface area (Å²) < 4.78 is 52.4. The van der Waals surface area contributed by atoms with Crippen molar-refractivity contribution in [2.75, 3.05) is 7.11 Å². The van der Waals surface area contributed by atoms with E-state index in [9.17, 15) is 18.0 Å². The van der Waals surface area contributed by atoms with Crippen LogP contribution in [-0.4, -0.2) is 26.2 Å². The Labute approximate surface area is 232 Å². The molecular formula is C31H44F3NO3Si. The van der Waals surface area contributed by atoms with Gasteiger partial charge in [-0.15, -0.1) is 0 Å². The number of carbonyl (C=O) groups excluding carboxylic acids is 1. The molecule has 1 aromatic heterocycles. The number of fused-ring (bicyclic) bond motifs is 1. The molecule has 0 saturated heterocycles. The largest absolute Gasteiger partial charge is 0.416 e. The monoisotopic (exact) mass is 563 g/mol. The van der Waals surface area contributed by atoms with Gasteiger partial charge in [-0.3, -0.25) is 9.78 Å². The topological polar surface area (TPSA) is 48.4 Å². The zero-order valence-corrected chi connectivity index (χ0v) is 26.3. The first-order chi connectivity index (χ1) is 17.7. The molecule has 3 rings (SSSR count). The molecule has 216 valence electrons. The van der Waals surface area contributed by atoms with Crippen molar-refractivity contribution in [3.63, 3.8) is 0 Å². The standard InChI is InChI=1S/C31H44F3NO3Si/c1-18(2)24-25-22(16-30(7,8)17-23(25)38-39(10,11)29(4,5)6)35-27(19(3)37-9)26(24)28(36)20-12-14-21(15-13-20)31(32,33)34/h12-15,18-19,23H,16-17H2,1-11H3/t19?,23-/m0/s1. The van der Waals surface area contributed by atoms with E-state index in [1.54, 1.807) is 7.11 Å². The Kier molecular flexibility index (Phi) is 8.68. The summed E-state index contributed by atoms with van der Waals surface area (Å²) in [5, 5.41) is -0.0104. The highest BCUT2D eigenvalue weighted by atomic mass is 28.4. The molecule has 2 aromatic rings. The van der Waals surface area contributed by atoms with Gasteiger partial charge in [0.2, 0.25) is 0 Å². The molecule has 1 aliphatic carbocycles. The summed E-state index contributed by atoms with van der Waals surface area (Å²) in [6, 6.07) is 4.42. The lowest BCUT2D eigenvalue weighted by atomic mass is 9.71. The SMILES string of the molecule is COC(C)c1nc2c(c(C(C)C)c1C(=O)c1ccc(C(F)(F)F)cc1)[C@@H](O[Si](C)(C)C(C)(C)C)CC(C)(C)C2. The Morgan fingerprint density at radius 3 is 2.10 bits per heavy atom. The molecule has 0 N–H and O–H groups in total. The van der Waals surface area contributed by atoms with Crippen LogP contribution in [0.2, 0.25) is 18.1 Å². The predicted octanol–water partition coefficient (Wildman–Crippen LogP) is 9.20. The number of nitrogens with zero attached hydrogens (tertiary/aromatic N) is 1. The van der Waals surface area contributed by atoms with E-state index >= 15 is 0 Å². The summed E-state index contributed by atoms with van der Waals surface area (Å²) in [4.78, 5) is 19.2. The molecule has 0 amide bonds. The zero-order valence-electron chi connectivity index (χ0n) is 25.3. The number of alkyl halides is 3. The minimum atomic E-state index is -4.48. The number of rotatable bonds is 7. The summed E-state index contributed by atoms with van der Waals surface area (Å²) in [7, 11) is -0.630. The Morgan fingerprint density at radius 1 is 1.08 bits per heavy atom. The summed E-state index contributed by atoms with van der Waals surface area (Å²) >= 11 is 0. The van der Waals surface area contributed by atoms with Crippen LogP contribution in [0.4, 0.5) is 13.2 Å². The average molecular weight is 564 g/mol. The summed E-state index contributed by atoms with van der Waals surface area (Å²) in [5.41, 5.74) is 3.03. The molecule has 1 aromatic carbocycles. The highest BCUT2D eigenvalue weighted by molar-refractivity contribution is 6.74. The van der Waals surface area contributed by atoms with Crippen molar-refractivity contribution in [3.8, 4) is 0 Å². The highest BCUT2D eigenvalue weighted by Gasteiger charge is 2.45. The van der Waals surface area contributed by atoms with Gasteiger partial charge in [-0.05, 0) is 66.9 Å². The molecule has 39 heavy (non-hydrogen) atoms. The predicted molar refractivity (Wildman–Crippen MR) is 152 cm³/mol. The van der Waals surface area contributed by atoms with Crippen LogP contribution in [0.25, 0.3) is 0 Å². The molecule has 0 fully saturated rings. The van der Waals surface area contributed by atoms with Crippen LogP contribution < -0.4 is 0 Å². The van der Waals surface area contributed by atoms with Crippen LogP contribution in [0.5, 0.6) is 0 Å². The van der Waals surface area contributed by atoms with Crippen molar-refractivity contribution in [2.24, 2.45) is 5.41 Å². The van der Waals surface area contributed by atoms with Crippen LogP contribution in [-0.2, 0) is 21.8 Å². The number of hydrogen-bond acceptors (Lipinski definition) is 4. The fourth-order valence-electron chi connectivity index (χ4n) is 5.15. The Hall–Kier alpha value is -2.03. The molecule has 1 unspecified atom stereocenters. The molecule has 4 nitrogen and oxygen atoms in total. The van der Waals surface area contributed by atoms with E-state index in [1.165, 1.54) is 12.1 Å². The number of ketones is 1. The third kappa shape index (κ3) is 6.49. The van der Waals surface area contributed by atoms with Gasteiger partial charge in [0, 0.05) is 23.9 Å². The molecule has 1 aliphatic rings. The third-order valence-electron chi connectivity index (χ3n) is 8.35. The van der Waals surface area contributed by atoms with Crippen molar-refractivity contribution in [1.29, 1.82) is 0 Å². The van der Waals surface area contributed by atoms with Crippen LogP contribution in [0.1, 0.15) is 124 Å². The lowest BCUT2D eigenvalue weighted by molar-refractivity contribution is -0.137. The van der Waals surface area contributed by atoms with Gasteiger partial charge in [0.05, 0.1) is 29.0 Å². The van der Waals surface area contributed by atoms with E-state index in [1.807, 2.05) is 20.8 Å². The third-order valence-corrected chi connectivity index (χ3v) is 12.8. The minimum absolute atomic E-state index is 0.0104. The second kappa shape index (κ2) is 10.7. The van der Waals surface area contributed by atoms with Gasteiger partial charge >= 0.3 is 6.18 Å². The second-order valence-corrected chi connectivity index (χ2v) is 18.3. The van der Waals surface area contributed by atoms with Crippen molar-refractivity contribution >= 4 is 14.1 Å². The smallest absolute Gasteiger partial charge is 0.410 e. The van der Waals surface area contributed by atoms with E-state index in [4.69, 9.17) is 14.1 Å². The van der Waals surface area contributed by atoms with Gasteiger partial charge in [0.25, 0.3) is 0 Å². The number of halogens is 3. The number of hydrogen-bond donors (Lipinski definition) is 0. The normalized spacial score (nSPS) is 18.7. The number of aromatic nitrogens is 1. The van der Waals surface area contributed by atoms with Crippen molar-refractivity contribution < 1.29 is 27.1 Å². The van der Waals surface area contributed by atoms with Gasteiger partial charge in [0.15, 0.2) is 14.1 Å². The Balaban J connectivity index is 2.32. The van der Waals surface area contributed by atoms with Gasteiger partial charge < -0.3 is 9.16 Å². The van der Waals surface area contributed by atoms with E-state index in [-0.39, 0.29) is 33.8 Å². The van der Waals surface area contributed by atoms with Crippen LogP contribution in [0, 0.1) is 5.41 Å². The van der Waals surface area contributed by atoms with Gasteiger partial charge in [-0.2, -0.15) is 13.2 Å². The molecule has 0 aliphatic heterocycles. The Bertz CT molecular complexity index is 1210. The first-order valence-electron chi connectivity index (χ1n) is 13.7. The first kappa shape index (κ1) is 31.5. The summed E-state index contributed by atoms with van der Waals surface area (Å²) in [5.74, 6) is -0.401. The van der Waals surface area contributed by atoms with Crippen LogP contribution >= 0.6 is 0 Å². The molecule has 8 heteroatoms. The summed E-state index contributed by atoms with van der Waals surface area (Å²) in [6.45, 7) is 21.5. The number of pyridine rings is 1. The number of ether oxygens (including phenoxy) is 1. The molecule has 2 atom stereocenters. The van der Waals surface area contributed by atoms with Crippen molar-refractivity contribution in [2.45, 2.75) is 111 Å². The van der Waals surface area contributed by atoms with E-state index in [0.717, 1.165) is 41.8 Å². The fourth-order valence-corrected chi connectivity index (χ4v) is 6.41. The summed E-state index contributed by atoms with van der Waals surface area (Å²) in [6.07, 6.45) is -3.67. The van der Waals surface area contributed by atoms with Gasteiger partial charge in [-0.1, -0.05) is 60.6 Å². The van der Waals surface area contributed by atoms with Gasteiger partial charge in [-0.25, -0.2) is 0 Å². The van der Waals surface area contributed by atoms with E-state index < -0.39 is 26.2 Å². The maximum atomic E-state index is 14.1. The highest BCUT2D eigenvalue weighted by Crippen LogP contribution is 2.50. The molecule has 1 heterocycles. The molecule has 0 radical (unpaired) electrons. The number of carbonyl (C=O) groups is 1. The lowest BCUT2D eigenvalue weighted by Crippen LogP contribution is -2.44. The lowest BCUT2D eigenvalue weighted by Gasteiger charge is -2.45. The van der Waals surface area contributed by atoms with Crippen molar-refractivity contribution in [1.82, 2.24) is 4.98 Å². The minimum Gasteiger partial charge on any atom is -0.410 e. The average Bonchev–Trinajstić information content (AvgIpc) is 2.79. The maximum Gasteiger partial charge on any atom is 0.416 e. The van der Waals surface area contributed by atoms with Crippen LogP contribution in [0.3, 0.4) is 0 Å². The van der Waals surface area contributed by atoms with E-state index in [2.05, 4.69) is 47.7 Å². The van der Waals surface area contributed by atoms with Crippen molar-refractivity contribution in [3.05, 3.63) is 63.5 Å². The number of methoxy groups -OCH3 is 1. The maximum absolute atomic E-state index is 14.1. The molecule has 0 spiro atoms. The first-order valence-corrected chi connectivity index (χ1v) is 16.6. The molecular weight excluding hydrogens is 519 g/mol. The second-order valence-electron chi connectivity index (χ2n) is 13.5. The Morgan fingerprint density at radius 2 is 1.64 bits per heavy atom.